The highest BCUT2D eigenvalue weighted by atomic mass is 32.1. The van der Waals surface area contributed by atoms with E-state index in [4.69, 9.17) is 18.0 Å². The smallest absolute Gasteiger partial charge is 0.195 e. The summed E-state index contributed by atoms with van der Waals surface area (Å²) < 4.78 is 0. The summed E-state index contributed by atoms with van der Waals surface area (Å²) >= 11 is 5.03. The number of thiocarbonyl (C=S) groups is 1. The first-order valence-corrected chi connectivity index (χ1v) is 5.32. The predicted molar refractivity (Wildman–Crippen MR) is 65.8 cm³/mol. The molecule has 1 aliphatic rings. The molecule has 0 saturated carbocycles. The van der Waals surface area contributed by atoms with Crippen LogP contribution in [0.2, 0.25) is 0 Å². The van der Waals surface area contributed by atoms with E-state index in [0.29, 0.717) is 10.9 Å². The van der Waals surface area contributed by atoms with Crippen LogP contribution in [0.4, 0.5) is 0 Å². The first-order valence-electron chi connectivity index (χ1n) is 4.91. The van der Waals surface area contributed by atoms with Crippen molar-refractivity contribution in [2.24, 2.45) is 10.7 Å². The van der Waals surface area contributed by atoms with Crippen LogP contribution < -0.4 is 11.1 Å². The van der Waals surface area contributed by atoms with Crippen molar-refractivity contribution in [2.75, 3.05) is 0 Å². The van der Waals surface area contributed by atoms with Gasteiger partial charge in [0, 0.05) is 0 Å². The minimum Gasteiger partial charge on any atom is -0.385 e. The summed E-state index contributed by atoms with van der Waals surface area (Å²) in [6.07, 6.45) is 0.826. The van der Waals surface area contributed by atoms with Crippen molar-refractivity contribution in [2.45, 2.75) is 18.9 Å². The number of hydrogen-bond donors (Lipinski definition) is 2. The van der Waals surface area contributed by atoms with Crippen LogP contribution in [0.1, 0.15) is 18.9 Å². The molecule has 78 valence electrons. The van der Waals surface area contributed by atoms with Crippen molar-refractivity contribution in [3.05, 3.63) is 35.9 Å². The minimum absolute atomic E-state index is 0.404. The van der Waals surface area contributed by atoms with E-state index in [1.165, 1.54) is 0 Å². The maximum atomic E-state index is 5.95. The lowest BCUT2D eigenvalue weighted by atomic mass is 9.87. The van der Waals surface area contributed by atoms with Gasteiger partial charge in [0.2, 0.25) is 0 Å². The number of rotatable bonds is 2. The molecule has 1 heterocycles. The third-order valence-electron chi connectivity index (χ3n) is 2.78. The molecule has 4 heteroatoms. The standard InChI is InChI=1S/C11H13N3S/c1-2-11(8-6-4-3-5-7-8)9(12)13-10(15)14-11/h3-7H,2H2,1H3,(H3,12,13,14,15). The summed E-state index contributed by atoms with van der Waals surface area (Å²) in [4.78, 5) is 4.10. The van der Waals surface area contributed by atoms with E-state index in [-0.39, 0.29) is 0 Å². The van der Waals surface area contributed by atoms with Crippen LogP contribution in [0.3, 0.4) is 0 Å². The average Bonchev–Trinajstić information content (AvgIpc) is 2.56. The molecule has 1 aromatic rings. The summed E-state index contributed by atoms with van der Waals surface area (Å²) in [5.41, 5.74) is 6.65. The zero-order chi connectivity index (χ0) is 10.9. The van der Waals surface area contributed by atoms with Crippen LogP contribution in [-0.2, 0) is 5.54 Å². The quantitative estimate of drug-likeness (QED) is 0.742. The predicted octanol–water partition coefficient (Wildman–Crippen LogP) is 1.54. The van der Waals surface area contributed by atoms with Crippen LogP contribution >= 0.6 is 12.2 Å². The number of nitrogens with two attached hydrogens (primary N) is 1. The number of aliphatic imine (C=N–C) groups is 1. The Kier molecular flexibility index (Phi) is 2.44. The van der Waals surface area contributed by atoms with E-state index in [1.54, 1.807) is 0 Å². The lowest BCUT2D eigenvalue weighted by molar-refractivity contribution is 0.528. The van der Waals surface area contributed by atoms with E-state index in [0.717, 1.165) is 12.0 Å². The zero-order valence-electron chi connectivity index (χ0n) is 8.53. The molecule has 1 unspecified atom stereocenters. The lowest BCUT2D eigenvalue weighted by Crippen LogP contribution is -2.48. The topological polar surface area (TPSA) is 50.4 Å². The molecule has 2 rings (SSSR count). The molecule has 15 heavy (non-hydrogen) atoms. The van der Waals surface area contributed by atoms with E-state index < -0.39 is 5.54 Å². The van der Waals surface area contributed by atoms with Crippen molar-refractivity contribution in [3.8, 4) is 0 Å². The number of amidine groups is 1. The molecular weight excluding hydrogens is 206 g/mol. The second-order valence-corrected chi connectivity index (χ2v) is 3.94. The fraction of sp³-hybridized carbons (Fsp3) is 0.273. The maximum absolute atomic E-state index is 5.95. The van der Waals surface area contributed by atoms with E-state index >= 15 is 0 Å². The van der Waals surface area contributed by atoms with Gasteiger partial charge in [0.05, 0.1) is 0 Å². The molecule has 0 radical (unpaired) electrons. The second-order valence-electron chi connectivity index (χ2n) is 3.55. The van der Waals surface area contributed by atoms with Gasteiger partial charge in [-0.15, -0.1) is 0 Å². The fourth-order valence-corrected chi connectivity index (χ4v) is 2.17. The molecule has 0 saturated heterocycles. The Morgan fingerprint density at radius 2 is 2.07 bits per heavy atom. The first kappa shape index (κ1) is 10.1. The van der Waals surface area contributed by atoms with Gasteiger partial charge in [0.15, 0.2) is 5.11 Å². The molecule has 3 N–H and O–H groups in total. The maximum Gasteiger partial charge on any atom is 0.195 e. The van der Waals surface area contributed by atoms with Crippen molar-refractivity contribution in [3.63, 3.8) is 0 Å². The third-order valence-corrected chi connectivity index (χ3v) is 2.97. The molecule has 1 aliphatic heterocycles. The van der Waals surface area contributed by atoms with Crippen molar-refractivity contribution in [1.29, 1.82) is 0 Å². The van der Waals surface area contributed by atoms with Gasteiger partial charge in [-0.3, -0.25) is 0 Å². The average molecular weight is 219 g/mol. The van der Waals surface area contributed by atoms with Gasteiger partial charge < -0.3 is 11.1 Å². The molecule has 0 aliphatic carbocycles. The SMILES string of the molecule is CCC1(c2ccccc2)NC(=S)N=C1N. The summed E-state index contributed by atoms with van der Waals surface area (Å²) in [7, 11) is 0. The van der Waals surface area contributed by atoms with E-state index in [9.17, 15) is 0 Å². The Labute approximate surface area is 94.4 Å². The molecule has 0 amide bonds. The highest BCUT2D eigenvalue weighted by Gasteiger charge is 2.39. The normalized spacial score (nSPS) is 24.9. The van der Waals surface area contributed by atoms with Gasteiger partial charge in [-0.1, -0.05) is 37.3 Å². The molecule has 0 fully saturated rings. The van der Waals surface area contributed by atoms with Gasteiger partial charge in [0.1, 0.15) is 11.4 Å². The van der Waals surface area contributed by atoms with Gasteiger partial charge in [0.25, 0.3) is 0 Å². The molecule has 1 atom stereocenters. The van der Waals surface area contributed by atoms with Gasteiger partial charge >= 0.3 is 0 Å². The van der Waals surface area contributed by atoms with Gasteiger partial charge in [-0.25, -0.2) is 4.99 Å². The Bertz CT molecular complexity index is 413. The highest BCUT2D eigenvalue weighted by Crippen LogP contribution is 2.28. The Hall–Kier alpha value is -1.42. The van der Waals surface area contributed by atoms with Crippen LogP contribution in [-0.4, -0.2) is 10.9 Å². The third kappa shape index (κ3) is 1.51. The Morgan fingerprint density at radius 1 is 1.40 bits per heavy atom. The minimum atomic E-state index is -0.404. The van der Waals surface area contributed by atoms with Crippen LogP contribution in [0.15, 0.2) is 35.3 Å². The monoisotopic (exact) mass is 219 g/mol. The molecule has 1 aromatic carbocycles. The zero-order valence-corrected chi connectivity index (χ0v) is 9.34. The Balaban J connectivity index is 2.49. The van der Waals surface area contributed by atoms with Crippen molar-refractivity contribution < 1.29 is 0 Å². The summed E-state index contributed by atoms with van der Waals surface area (Å²) in [6, 6.07) is 10.0. The summed E-state index contributed by atoms with van der Waals surface area (Å²) in [5, 5.41) is 3.66. The first-order chi connectivity index (χ1) is 7.19. The van der Waals surface area contributed by atoms with Crippen molar-refractivity contribution in [1.82, 2.24) is 5.32 Å². The lowest BCUT2D eigenvalue weighted by Gasteiger charge is -2.28. The number of nitrogens with zero attached hydrogens (tertiary/aromatic N) is 1. The van der Waals surface area contributed by atoms with Crippen LogP contribution in [0, 0.1) is 0 Å². The van der Waals surface area contributed by atoms with Gasteiger partial charge in [-0.05, 0) is 24.2 Å². The molecule has 3 nitrogen and oxygen atoms in total. The number of benzene rings is 1. The van der Waals surface area contributed by atoms with E-state index in [2.05, 4.69) is 17.2 Å². The largest absolute Gasteiger partial charge is 0.385 e. The fourth-order valence-electron chi connectivity index (χ4n) is 1.90. The van der Waals surface area contributed by atoms with Gasteiger partial charge in [-0.2, -0.15) is 0 Å². The van der Waals surface area contributed by atoms with E-state index in [1.807, 2.05) is 30.3 Å². The molecule has 0 spiro atoms. The highest BCUT2D eigenvalue weighted by molar-refractivity contribution is 7.80. The number of hydrogen-bond acceptors (Lipinski definition) is 2. The Morgan fingerprint density at radius 3 is 2.53 bits per heavy atom. The van der Waals surface area contributed by atoms with Crippen LogP contribution in [0.5, 0.6) is 0 Å². The van der Waals surface area contributed by atoms with Crippen LogP contribution in [0.25, 0.3) is 0 Å². The van der Waals surface area contributed by atoms with Crippen molar-refractivity contribution >= 4 is 23.2 Å². The molecular formula is C11H13N3S. The molecule has 0 aromatic heterocycles. The summed E-state index contributed by atoms with van der Waals surface area (Å²) in [6.45, 7) is 2.07. The molecule has 0 bridgehead atoms. The second kappa shape index (κ2) is 3.62. The number of nitrogens with one attached hydrogen (secondary N) is 1. The summed E-state index contributed by atoms with van der Waals surface area (Å²) in [5.74, 6) is 0.557.